The molecule has 1 aromatic carbocycles. The van der Waals surface area contributed by atoms with E-state index in [0.717, 1.165) is 17.0 Å². The predicted molar refractivity (Wildman–Crippen MR) is 82.2 cm³/mol. The molecule has 0 bridgehead atoms. The molecule has 5 nitrogen and oxygen atoms in total. The molecule has 0 unspecified atom stereocenters. The van der Waals surface area contributed by atoms with Crippen LogP contribution >= 0.6 is 0 Å². The van der Waals surface area contributed by atoms with Gasteiger partial charge in [-0.2, -0.15) is 0 Å². The van der Waals surface area contributed by atoms with Crippen LogP contribution in [0.4, 0.5) is 5.69 Å². The summed E-state index contributed by atoms with van der Waals surface area (Å²) >= 11 is 0. The standard InChI is InChI=1S/C16H19N3O2/c1-11-8-14(17)13(9-18-11)16(20)19(2)10-12-6-4-5-7-15(12)21-3/h4-9H,10H2,1-3H3,(H2,17,18). The van der Waals surface area contributed by atoms with E-state index in [1.807, 2.05) is 31.2 Å². The molecule has 2 aromatic rings. The molecule has 5 heteroatoms. The summed E-state index contributed by atoms with van der Waals surface area (Å²) in [4.78, 5) is 18.2. The van der Waals surface area contributed by atoms with Gasteiger partial charge >= 0.3 is 0 Å². The maximum absolute atomic E-state index is 12.4. The summed E-state index contributed by atoms with van der Waals surface area (Å²) < 4.78 is 5.30. The first-order chi connectivity index (χ1) is 10.0. The highest BCUT2D eigenvalue weighted by molar-refractivity contribution is 5.98. The Balaban J connectivity index is 2.19. The average molecular weight is 285 g/mol. The van der Waals surface area contributed by atoms with Crippen molar-refractivity contribution in [1.29, 1.82) is 0 Å². The molecule has 0 aliphatic heterocycles. The fraction of sp³-hybridized carbons (Fsp3) is 0.250. The quantitative estimate of drug-likeness (QED) is 0.935. The van der Waals surface area contributed by atoms with Gasteiger partial charge < -0.3 is 15.4 Å². The Kier molecular flexibility index (Phi) is 4.42. The Morgan fingerprint density at radius 1 is 1.38 bits per heavy atom. The second-order valence-corrected chi connectivity index (χ2v) is 4.89. The van der Waals surface area contributed by atoms with E-state index in [9.17, 15) is 4.79 Å². The van der Waals surface area contributed by atoms with Crippen LogP contribution in [0.2, 0.25) is 0 Å². The van der Waals surface area contributed by atoms with Crippen LogP contribution < -0.4 is 10.5 Å². The fourth-order valence-corrected chi connectivity index (χ4v) is 2.13. The van der Waals surface area contributed by atoms with Gasteiger partial charge in [0.2, 0.25) is 0 Å². The number of benzene rings is 1. The number of pyridine rings is 1. The minimum Gasteiger partial charge on any atom is -0.496 e. The van der Waals surface area contributed by atoms with Crippen molar-refractivity contribution in [3.63, 3.8) is 0 Å². The molecule has 0 spiro atoms. The highest BCUT2D eigenvalue weighted by atomic mass is 16.5. The highest BCUT2D eigenvalue weighted by Gasteiger charge is 2.16. The summed E-state index contributed by atoms with van der Waals surface area (Å²) in [5.41, 5.74) is 8.48. The van der Waals surface area contributed by atoms with Crippen LogP contribution in [0.5, 0.6) is 5.75 Å². The zero-order chi connectivity index (χ0) is 15.4. The molecule has 110 valence electrons. The lowest BCUT2D eigenvalue weighted by Crippen LogP contribution is -2.27. The average Bonchev–Trinajstić information content (AvgIpc) is 2.47. The van der Waals surface area contributed by atoms with Crippen LogP contribution in [0.25, 0.3) is 0 Å². The van der Waals surface area contributed by atoms with Gasteiger partial charge in [0, 0.05) is 36.7 Å². The lowest BCUT2D eigenvalue weighted by atomic mass is 10.1. The number of nitrogens with zero attached hydrogens (tertiary/aromatic N) is 2. The molecule has 1 amide bonds. The summed E-state index contributed by atoms with van der Waals surface area (Å²) in [6.45, 7) is 2.28. The van der Waals surface area contributed by atoms with Gasteiger partial charge in [0.05, 0.1) is 12.7 Å². The largest absolute Gasteiger partial charge is 0.496 e. The molecule has 0 saturated carbocycles. The van der Waals surface area contributed by atoms with Crippen molar-refractivity contribution >= 4 is 11.6 Å². The number of nitrogen functional groups attached to an aromatic ring is 1. The molecule has 0 fully saturated rings. The Hall–Kier alpha value is -2.56. The second-order valence-electron chi connectivity index (χ2n) is 4.89. The highest BCUT2D eigenvalue weighted by Crippen LogP contribution is 2.20. The molecule has 2 N–H and O–H groups in total. The van der Waals surface area contributed by atoms with Crippen molar-refractivity contribution in [2.24, 2.45) is 0 Å². The van der Waals surface area contributed by atoms with Crippen molar-refractivity contribution in [3.8, 4) is 5.75 Å². The molecule has 2 rings (SSSR count). The first-order valence-corrected chi connectivity index (χ1v) is 6.62. The first-order valence-electron chi connectivity index (χ1n) is 6.62. The first kappa shape index (κ1) is 14.8. The van der Waals surface area contributed by atoms with Crippen LogP contribution in [0.3, 0.4) is 0 Å². The number of carbonyl (C=O) groups excluding carboxylic acids is 1. The van der Waals surface area contributed by atoms with Gasteiger partial charge in [-0.1, -0.05) is 18.2 Å². The van der Waals surface area contributed by atoms with Crippen molar-refractivity contribution < 1.29 is 9.53 Å². The number of hydrogen-bond donors (Lipinski definition) is 1. The van der Waals surface area contributed by atoms with Crippen molar-refractivity contribution in [3.05, 3.63) is 53.3 Å². The summed E-state index contributed by atoms with van der Waals surface area (Å²) in [5.74, 6) is 0.595. The molecule has 1 aromatic heterocycles. The Morgan fingerprint density at radius 2 is 2.10 bits per heavy atom. The zero-order valence-electron chi connectivity index (χ0n) is 12.5. The second kappa shape index (κ2) is 6.26. The summed E-state index contributed by atoms with van der Waals surface area (Å²) in [5, 5.41) is 0. The number of methoxy groups -OCH3 is 1. The Morgan fingerprint density at radius 3 is 2.76 bits per heavy atom. The summed E-state index contributed by atoms with van der Waals surface area (Å²) in [7, 11) is 3.34. The van der Waals surface area contributed by atoms with E-state index in [0.29, 0.717) is 17.8 Å². The SMILES string of the molecule is COc1ccccc1CN(C)C(=O)c1cnc(C)cc1N. The van der Waals surface area contributed by atoms with E-state index in [2.05, 4.69) is 4.98 Å². The third-order valence-corrected chi connectivity index (χ3v) is 3.25. The van der Waals surface area contributed by atoms with Crippen LogP contribution in [0.1, 0.15) is 21.6 Å². The van der Waals surface area contributed by atoms with Crippen LogP contribution in [0, 0.1) is 6.92 Å². The van der Waals surface area contributed by atoms with Gasteiger partial charge in [0.25, 0.3) is 5.91 Å². The third-order valence-electron chi connectivity index (χ3n) is 3.25. The number of nitrogens with two attached hydrogens (primary N) is 1. The minimum atomic E-state index is -0.161. The van der Waals surface area contributed by atoms with E-state index in [1.165, 1.54) is 6.20 Å². The van der Waals surface area contributed by atoms with E-state index < -0.39 is 0 Å². The molecule has 0 aliphatic carbocycles. The van der Waals surface area contributed by atoms with Gasteiger partial charge in [-0.05, 0) is 19.1 Å². The topological polar surface area (TPSA) is 68.5 Å². The van der Waals surface area contributed by atoms with Crippen LogP contribution in [0.15, 0.2) is 36.5 Å². The molecular formula is C16H19N3O2. The van der Waals surface area contributed by atoms with Gasteiger partial charge in [-0.25, -0.2) is 0 Å². The summed E-state index contributed by atoms with van der Waals surface area (Å²) in [6, 6.07) is 9.31. The third kappa shape index (κ3) is 3.31. The van der Waals surface area contributed by atoms with Crippen LogP contribution in [-0.4, -0.2) is 29.9 Å². The number of para-hydroxylation sites is 1. The molecule has 0 radical (unpaired) electrons. The number of aryl methyl sites for hydroxylation is 1. The van der Waals surface area contributed by atoms with E-state index in [-0.39, 0.29) is 5.91 Å². The molecule has 1 heterocycles. The Bertz CT molecular complexity index is 656. The molecule has 0 atom stereocenters. The predicted octanol–water partition coefficient (Wildman–Crippen LogP) is 2.25. The van der Waals surface area contributed by atoms with Crippen LogP contribution in [-0.2, 0) is 6.54 Å². The monoisotopic (exact) mass is 285 g/mol. The number of hydrogen-bond acceptors (Lipinski definition) is 4. The fourth-order valence-electron chi connectivity index (χ4n) is 2.13. The molecular weight excluding hydrogens is 266 g/mol. The number of ether oxygens (including phenoxy) is 1. The van der Waals surface area contributed by atoms with Gasteiger partial charge in [-0.3, -0.25) is 9.78 Å². The number of carbonyl (C=O) groups is 1. The molecule has 0 saturated heterocycles. The van der Waals surface area contributed by atoms with E-state index >= 15 is 0 Å². The van der Waals surface area contributed by atoms with Gasteiger partial charge in [0.1, 0.15) is 5.75 Å². The van der Waals surface area contributed by atoms with E-state index in [1.54, 1.807) is 25.1 Å². The van der Waals surface area contributed by atoms with Gasteiger partial charge in [0.15, 0.2) is 0 Å². The number of anilines is 1. The number of amides is 1. The zero-order valence-corrected chi connectivity index (χ0v) is 12.5. The van der Waals surface area contributed by atoms with E-state index in [4.69, 9.17) is 10.5 Å². The van der Waals surface area contributed by atoms with Crippen molar-refractivity contribution in [2.75, 3.05) is 19.9 Å². The number of rotatable bonds is 4. The lowest BCUT2D eigenvalue weighted by molar-refractivity contribution is 0.0785. The van der Waals surface area contributed by atoms with Gasteiger partial charge in [-0.15, -0.1) is 0 Å². The Labute approximate surface area is 124 Å². The van der Waals surface area contributed by atoms with Crippen molar-refractivity contribution in [2.45, 2.75) is 13.5 Å². The minimum absolute atomic E-state index is 0.161. The normalized spacial score (nSPS) is 10.2. The molecule has 21 heavy (non-hydrogen) atoms. The maximum atomic E-state index is 12.4. The lowest BCUT2D eigenvalue weighted by Gasteiger charge is -2.19. The number of aromatic nitrogens is 1. The smallest absolute Gasteiger partial charge is 0.257 e. The summed E-state index contributed by atoms with van der Waals surface area (Å²) in [6.07, 6.45) is 1.52. The maximum Gasteiger partial charge on any atom is 0.257 e. The van der Waals surface area contributed by atoms with Crippen molar-refractivity contribution in [1.82, 2.24) is 9.88 Å². The molecule has 0 aliphatic rings.